The Morgan fingerprint density at radius 1 is 1.16 bits per heavy atom. The smallest absolute Gasteiger partial charge is 0.231 e. The van der Waals surface area contributed by atoms with Crippen LogP contribution in [0.4, 0.5) is 5.69 Å². The predicted octanol–water partition coefficient (Wildman–Crippen LogP) is 4.64. The zero-order valence-electron chi connectivity index (χ0n) is 19.0. The second-order valence-electron chi connectivity index (χ2n) is 8.45. The first-order chi connectivity index (χ1) is 15.4. The minimum absolute atomic E-state index is 0.0610. The van der Waals surface area contributed by atoms with Gasteiger partial charge < -0.3 is 19.5 Å². The molecule has 0 spiro atoms. The third-order valence-corrected chi connectivity index (χ3v) is 5.37. The molecule has 0 radical (unpaired) electrons. The average Bonchev–Trinajstić information content (AvgIpc) is 3.32. The molecule has 3 aromatic rings. The number of hydrogen-bond donors (Lipinski definition) is 1. The van der Waals surface area contributed by atoms with E-state index in [2.05, 4.69) is 24.3 Å². The zero-order valence-corrected chi connectivity index (χ0v) is 19.0. The molecule has 1 amide bonds. The van der Waals surface area contributed by atoms with Crippen LogP contribution < -0.4 is 19.5 Å². The number of anilines is 1. The lowest BCUT2D eigenvalue weighted by atomic mass is 10.1. The molecule has 0 saturated heterocycles. The number of benzene rings is 2. The molecule has 0 unspecified atom stereocenters. The summed E-state index contributed by atoms with van der Waals surface area (Å²) in [6.45, 7) is 9.76. The van der Waals surface area contributed by atoms with Crippen LogP contribution in [0.1, 0.15) is 36.4 Å². The van der Waals surface area contributed by atoms with Crippen molar-refractivity contribution in [3.8, 4) is 17.2 Å². The monoisotopic (exact) mass is 435 g/mol. The molecule has 2 heterocycles. The predicted molar refractivity (Wildman–Crippen MR) is 122 cm³/mol. The normalized spacial score (nSPS) is 12.3. The second kappa shape index (κ2) is 9.34. The number of fused-ring (bicyclic) bond motifs is 1. The largest absolute Gasteiger partial charge is 0.489 e. The van der Waals surface area contributed by atoms with Crippen LogP contribution in [-0.4, -0.2) is 22.5 Å². The van der Waals surface area contributed by atoms with Gasteiger partial charge in [0.2, 0.25) is 12.7 Å². The van der Waals surface area contributed by atoms with Gasteiger partial charge in [0.15, 0.2) is 11.5 Å². The lowest BCUT2D eigenvalue weighted by molar-refractivity contribution is -0.115. The average molecular weight is 436 g/mol. The number of nitrogens with zero attached hydrogens (tertiary/aromatic N) is 2. The summed E-state index contributed by atoms with van der Waals surface area (Å²) in [5.74, 6) is 2.55. The van der Waals surface area contributed by atoms with E-state index in [0.29, 0.717) is 30.4 Å². The second-order valence-corrected chi connectivity index (χ2v) is 8.45. The fraction of sp³-hybridized carbons (Fsp3) is 0.360. The first kappa shape index (κ1) is 21.7. The van der Waals surface area contributed by atoms with Crippen molar-refractivity contribution in [3.63, 3.8) is 0 Å². The summed E-state index contributed by atoms with van der Waals surface area (Å²) in [5.41, 5.74) is 4.65. The highest BCUT2D eigenvalue weighted by Gasteiger charge is 2.16. The molecular weight excluding hydrogens is 406 g/mol. The summed E-state index contributed by atoms with van der Waals surface area (Å²) >= 11 is 0. The van der Waals surface area contributed by atoms with E-state index in [1.165, 1.54) is 0 Å². The van der Waals surface area contributed by atoms with Gasteiger partial charge in [-0.25, -0.2) is 0 Å². The van der Waals surface area contributed by atoms with E-state index in [9.17, 15) is 4.79 Å². The van der Waals surface area contributed by atoms with Crippen LogP contribution in [0.2, 0.25) is 0 Å². The number of ether oxygens (including phenoxy) is 3. The van der Waals surface area contributed by atoms with Gasteiger partial charge in [0.05, 0.1) is 12.1 Å². The number of hydrogen-bond acceptors (Lipinski definition) is 5. The number of rotatable bonds is 8. The molecule has 1 aliphatic heterocycles. The lowest BCUT2D eigenvalue weighted by Gasteiger charge is -2.10. The van der Waals surface area contributed by atoms with Crippen molar-refractivity contribution < 1.29 is 19.0 Å². The van der Waals surface area contributed by atoms with Crippen LogP contribution in [-0.2, 0) is 24.4 Å². The fourth-order valence-corrected chi connectivity index (χ4v) is 3.75. The van der Waals surface area contributed by atoms with Crippen LogP contribution in [0.25, 0.3) is 0 Å². The first-order valence-electron chi connectivity index (χ1n) is 10.8. The van der Waals surface area contributed by atoms with Crippen LogP contribution in [0.5, 0.6) is 17.2 Å². The van der Waals surface area contributed by atoms with E-state index in [-0.39, 0.29) is 12.7 Å². The summed E-state index contributed by atoms with van der Waals surface area (Å²) < 4.78 is 18.6. The van der Waals surface area contributed by atoms with Crippen molar-refractivity contribution in [2.24, 2.45) is 5.92 Å². The number of amides is 1. The summed E-state index contributed by atoms with van der Waals surface area (Å²) in [5, 5.41) is 7.60. The molecule has 32 heavy (non-hydrogen) atoms. The molecule has 1 aromatic heterocycles. The Labute approximate surface area is 188 Å². The van der Waals surface area contributed by atoms with Gasteiger partial charge in [0.1, 0.15) is 12.4 Å². The SMILES string of the molecule is Cc1nn(CC(C)C)c(C)c1CC(=O)Nc1cccc(COc2ccc3c(c2)OCO3)c1. The topological polar surface area (TPSA) is 74.6 Å². The molecule has 0 saturated carbocycles. The maximum atomic E-state index is 12.7. The first-order valence-corrected chi connectivity index (χ1v) is 10.8. The molecule has 4 rings (SSSR count). The standard InChI is InChI=1S/C25H29N3O4/c1-16(2)13-28-18(4)22(17(3)27-28)12-25(29)26-20-7-5-6-19(10-20)14-30-21-8-9-23-24(11-21)32-15-31-23/h5-11,16H,12-15H2,1-4H3,(H,26,29). The van der Waals surface area contributed by atoms with Crippen molar-refractivity contribution in [1.29, 1.82) is 0 Å². The number of aromatic nitrogens is 2. The Balaban J connectivity index is 1.36. The third kappa shape index (κ3) is 5.04. The van der Waals surface area contributed by atoms with Crippen molar-refractivity contribution in [2.45, 2.75) is 47.3 Å². The van der Waals surface area contributed by atoms with E-state index in [0.717, 1.165) is 40.5 Å². The van der Waals surface area contributed by atoms with Gasteiger partial charge >= 0.3 is 0 Å². The van der Waals surface area contributed by atoms with Gasteiger partial charge in [0, 0.05) is 29.6 Å². The Bertz CT molecular complexity index is 1120. The Morgan fingerprint density at radius 2 is 1.97 bits per heavy atom. The zero-order chi connectivity index (χ0) is 22.7. The summed E-state index contributed by atoms with van der Waals surface area (Å²) in [6.07, 6.45) is 0.299. The van der Waals surface area contributed by atoms with E-state index in [1.807, 2.05) is 61.0 Å². The quantitative estimate of drug-likeness (QED) is 0.558. The van der Waals surface area contributed by atoms with Gasteiger partial charge in [-0.05, 0) is 49.6 Å². The van der Waals surface area contributed by atoms with Gasteiger partial charge in [-0.1, -0.05) is 26.0 Å². The highest BCUT2D eigenvalue weighted by atomic mass is 16.7. The van der Waals surface area contributed by atoms with Crippen molar-refractivity contribution in [3.05, 3.63) is 65.0 Å². The van der Waals surface area contributed by atoms with Gasteiger partial charge in [-0.2, -0.15) is 5.10 Å². The van der Waals surface area contributed by atoms with Crippen molar-refractivity contribution in [2.75, 3.05) is 12.1 Å². The Kier molecular flexibility index (Phi) is 6.35. The molecule has 1 N–H and O–H groups in total. The van der Waals surface area contributed by atoms with E-state index in [4.69, 9.17) is 14.2 Å². The highest BCUT2D eigenvalue weighted by molar-refractivity contribution is 5.92. The van der Waals surface area contributed by atoms with Crippen molar-refractivity contribution in [1.82, 2.24) is 9.78 Å². The van der Waals surface area contributed by atoms with E-state index < -0.39 is 0 Å². The molecular formula is C25H29N3O4. The Hall–Kier alpha value is -3.48. The minimum Gasteiger partial charge on any atom is -0.489 e. The van der Waals surface area contributed by atoms with Crippen LogP contribution in [0.15, 0.2) is 42.5 Å². The van der Waals surface area contributed by atoms with Gasteiger partial charge in [0.25, 0.3) is 0 Å². The maximum absolute atomic E-state index is 12.7. The number of nitrogens with one attached hydrogen (secondary N) is 1. The van der Waals surface area contributed by atoms with Gasteiger partial charge in [-0.15, -0.1) is 0 Å². The summed E-state index contributed by atoms with van der Waals surface area (Å²) in [7, 11) is 0. The number of carbonyl (C=O) groups excluding carboxylic acids is 1. The summed E-state index contributed by atoms with van der Waals surface area (Å²) in [6, 6.07) is 13.2. The minimum atomic E-state index is -0.0610. The molecule has 7 nitrogen and oxygen atoms in total. The molecule has 2 aromatic carbocycles. The molecule has 0 atom stereocenters. The lowest BCUT2D eigenvalue weighted by Crippen LogP contribution is -2.16. The Morgan fingerprint density at radius 3 is 2.78 bits per heavy atom. The van der Waals surface area contributed by atoms with E-state index in [1.54, 1.807) is 0 Å². The van der Waals surface area contributed by atoms with Crippen LogP contribution in [0.3, 0.4) is 0 Å². The molecule has 0 aliphatic carbocycles. The molecule has 7 heteroatoms. The van der Waals surface area contributed by atoms with Gasteiger partial charge in [-0.3, -0.25) is 9.48 Å². The number of carbonyl (C=O) groups is 1. The molecule has 1 aliphatic rings. The summed E-state index contributed by atoms with van der Waals surface area (Å²) in [4.78, 5) is 12.7. The third-order valence-electron chi connectivity index (χ3n) is 5.37. The number of aryl methyl sites for hydroxylation is 1. The van der Waals surface area contributed by atoms with E-state index >= 15 is 0 Å². The molecule has 0 bridgehead atoms. The van der Waals surface area contributed by atoms with Crippen LogP contribution in [0, 0.1) is 19.8 Å². The highest BCUT2D eigenvalue weighted by Crippen LogP contribution is 2.35. The van der Waals surface area contributed by atoms with Crippen LogP contribution >= 0.6 is 0 Å². The fourth-order valence-electron chi connectivity index (χ4n) is 3.75. The molecule has 0 fully saturated rings. The maximum Gasteiger partial charge on any atom is 0.231 e. The van der Waals surface area contributed by atoms with Crippen molar-refractivity contribution >= 4 is 11.6 Å². The molecule has 168 valence electrons.